The summed E-state index contributed by atoms with van der Waals surface area (Å²) in [5, 5.41) is 3.60. The van der Waals surface area contributed by atoms with Crippen LogP contribution in [0.15, 0.2) is 34.8 Å². The van der Waals surface area contributed by atoms with Crippen LogP contribution in [0.25, 0.3) is 0 Å². The molecule has 1 unspecified atom stereocenters. The maximum Gasteiger partial charge on any atom is 0.143 e. The molecule has 0 aliphatic carbocycles. The number of halogens is 1. The van der Waals surface area contributed by atoms with Crippen molar-refractivity contribution in [2.45, 2.75) is 26.8 Å². The van der Waals surface area contributed by atoms with E-state index in [4.69, 9.17) is 4.74 Å². The van der Waals surface area contributed by atoms with Gasteiger partial charge in [0.25, 0.3) is 0 Å². The molecular weight excluding hydrogens is 314 g/mol. The average molecular weight is 332 g/mol. The third kappa shape index (κ3) is 2.42. The number of hydrogen-bond donors (Lipinski definition) is 1. The van der Waals surface area contributed by atoms with E-state index in [2.05, 4.69) is 60.2 Å². The van der Waals surface area contributed by atoms with E-state index in [1.807, 2.05) is 12.1 Å². The molecule has 1 heterocycles. The second-order valence-corrected chi connectivity index (χ2v) is 6.38. The molecule has 1 aliphatic heterocycles. The lowest BCUT2D eigenvalue weighted by Crippen LogP contribution is -2.25. The van der Waals surface area contributed by atoms with Gasteiger partial charge in [-0.3, -0.25) is 0 Å². The summed E-state index contributed by atoms with van der Waals surface area (Å²) in [6.45, 7) is 7.15. The van der Waals surface area contributed by atoms with Crippen LogP contribution >= 0.6 is 15.9 Å². The Kier molecular flexibility index (Phi) is 3.47. The van der Waals surface area contributed by atoms with Crippen LogP contribution in [-0.4, -0.2) is 6.61 Å². The van der Waals surface area contributed by atoms with Gasteiger partial charge in [0.2, 0.25) is 0 Å². The summed E-state index contributed by atoms with van der Waals surface area (Å²) in [4.78, 5) is 0. The largest absolute Gasteiger partial charge is 0.489 e. The number of benzene rings is 2. The van der Waals surface area contributed by atoms with Gasteiger partial charge in [0.1, 0.15) is 12.4 Å². The summed E-state index contributed by atoms with van der Waals surface area (Å²) in [5.41, 5.74) is 6.37. The Balaban J connectivity index is 1.96. The summed E-state index contributed by atoms with van der Waals surface area (Å²) in [7, 11) is 0. The van der Waals surface area contributed by atoms with Crippen molar-refractivity contribution in [2.75, 3.05) is 11.9 Å². The predicted octanol–water partition coefficient (Wildman–Crippen LogP) is 4.92. The Labute approximate surface area is 128 Å². The lowest BCUT2D eigenvalue weighted by molar-refractivity contribution is 0.285. The molecule has 1 aliphatic rings. The van der Waals surface area contributed by atoms with E-state index in [-0.39, 0.29) is 6.04 Å². The zero-order valence-corrected chi connectivity index (χ0v) is 13.5. The van der Waals surface area contributed by atoms with Gasteiger partial charge in [0, 0.05) is 4.47 Å². The third-order valence-electron chi connectivity index (χ3n) is 3.77. The van der Waals surface area contributed by atoms with Gasteiger partial charge < -0.3 is 10.1 Å². The second kappa shape index (κ2) is 5.13. The highest BCUT2D eigenvalue weighted by atomic mass is 79.9. The van der Waals surface area contributed by atoms with Gasteiger partial charge in [-0.15, -0.1) is 0 Å². The molecule has 1 atom stereocenters. The minimum Gasteiger partial charge on any atom is -0.489 e. The summed E-state index contributed by atoms with van der Waals surface area (Å²) >= 11 is 3.47. The number of aryl methyl sites for hydroxylation is 3. The van der Waals surface area contributed by atoms with Gasteiger partial charge in [-0.1, -0.05) is 33.6 Å². The first kappa shape index (κ1) is 13.5. The summed E-state index contributed by atoms with van der Waals surface area (Å²) in [5.74, 6) is 0.915. The second-order valence-electron chi connectivity index (χ2n) is 5.46. The highest BCUT2D eigenvalue weighted by Crippen LogP contribution is 2.37. The van der Waals surface area contributed by atoms with E-state index in [0.29, 0.717) is 6.61 Å². The normalized spacial score (nSPS) is 17.1. The van der Waals surface area contributed by atoms with E-state index >= 15 is 0 Å². The summed E-state index contributed by atoms with van der Waals surface area (Å²) in [6.07, 6.45) is 0. The van der Waals surface area contributed by atoms with Crippen molar-refractivity contribution in [1.82, 2.24) is 0 Å². The van der Waals surface area contributed by atoms with Gasteiger partial charge in [-0.05, 0) is 55.7 Å². The molecule has 3 heteroatoms. The molecule has 0 spiro atoms. The van der Waals surface area contributed by atoms with Crippen LogP contribution < -0.4 is 10.1 Å². The van der Waals surface area contributed by atoms with E-state index in [1.165, 1.54) is 22.3 Å². The van der Waals surface area contributed by atoms with Crippen molar-refractivity contribution < 1.29 is 4.74 Å². The van der Waals surface area contributed by atoms with Crippen molar-refractivity contribution >= 4 is 21.6 Å². The molecule has 0 saturated heterocycles. The first-order valence-corrected chi connectivity index (χ1v) is 7.60. The molecule has 0 fully saturated rings. The standard InChI is InChI=1S/C17H18BrNO/c1-10-6-11(2)17(12(3)7-10)15-9-20-16-8-13(18)4-5-14(16)19-15/h4-8,15,19H,9H2,1-3H3. The van der Waals surface area contributed by atoms with Crippen LogP contribution in [0.4, 0.5) is 5.69 Å². The number of fused-ring (bicyclic) bond motifs is 1. The van der Waals surface area contributed by atoms with Crippen LogP contribution in [-0.2, 0) is 0 Å². The summed E-state index contributed by atoms with van der Waals surface area (Å²) < 4.78 is 6.96. The highest BCUT2D eigenvalue weighted by molar-refractivity contribution is 9.10. The van der Waals surface area contributed by atoms with Gasteiger partial charge >= 0.3 is 0 Å². The topological polar surface area (TPSA) is 21.3 Å². The predicted molar refractivity (Wildman–Crippen MR) is 86.7 cm³/mol. The molecule has 0 saturated carbocycles. The van der Waals surface area contributed by atoms with E-state index in [1.54, 1.807) is 0 Å². The molecule has 2 aromatic rings. The Morgan fingerprint density at radius 1 is 1.10 bits per heavy atom. The van der Waals surface area contributed by atoms with E-state index in [0.717, 1.165) is 15.9 Å². The van der Waals surface area contributed by atoms with Crippen LogP contribution in [0.2, 0.25) is 0 Å². The van der Waals surface area contributed by atoms with Crippen molar-refractivity contribution in [3.63, 3.8) is 0 Å². The first-order chi connectivity index (χ1) is 9.54. The maximum absolute atomic E-state index is 5.92. The summed E-state index contributed by atoms with van der Waals surface area (Å²) in [6, 6.07) is 10.8. The molecule has 3 rings (SSSR count). The molecule has 0 bridgehead atoms. The third-order valence-corrected chi connectivity index (χ3v) is 4.26. The number of nitrogens with one attached hydrogen (secondary N) is 1. The van der Waals surface area contributed by atoms with Gasteiger partial charge in [-0.25, -0.2) is 0 Å². The quantitative estimate of drug-likeness (QED) is 0.800. The number of rotatable bonds is 1. The monoisotopic (exact) mass is 331 g/mol. The molecule has 104 valence electrons. The maximum atomic E-state index is 5.92. The molecule has 20 heavy (non-hydrogen) atoms. The Bertz CT molecular complexity index is 643. The first-order valence-electron chi connectivity index (χ1n) is 6.81. The molecule has 0 radical (unpaired) electrons. The molecular formula is C17H18BrNO. The van der Waals surface area contributed by atoms with Crippen molar-refractivity contribution in [3.8, 4) is 5.75 Å². The fraction of sp³-hybridized carbons (Fsp3) is 0.294. The fourth-order valence-corrected chi connectivity index (χ4v) is 3.37. The minimum absolute atomic E-state index is 0.212. The molecule has 0 aromatic heterocycles. The van der Waals surface area contributed by atoms with Crippen molar-refractivity contribution in [2.24, 2.45) is 0 Å². The molecule has 2 aromatic carbocycles. The van der Waals surface area contributed by atoms with E-state index < -0.39 is 0 Å². The average Bonchev–Trinajstić information content (AvgIpc) is 2.37. The highest BCUT2D eigenvalue weighted by Gasteiger charge is 2.23. The number of ether oxygens (including phenoxy) is 1. The molecule has 2 nitrogen and oxygen atoms in total. The Morgan fingerprint density at radius 2 is 1.80 bits per heavy atom. The zero-order chi connectivity index (χ0) is 14.3. The Hall–Kier alpha value is -1.48. The van der Waals surface area contributed by atoms with Crippen molar-refractivity contribution in [1.29, 1.82) is 0 Å². The molecule has 1 N–H and O–H groups in total. The minimum atomic E-state index is 0.212. The SMILES string of the molecule is Cc1cc(C)c(C2COc3cc(Br)ccc3N2)c(C)c1. The lowest BCUT2D eigenvalue weighted by atomic mass is 9.93. The van der Waals surface area contributed by atoms with Gasteiger partial charge in [-0.2, -0.15) is 0 Å². The number of hydrogen-bond acceptors (Lipinski definition) is 2. The van der Waals surface area contributed by atoms with Crippen LogP contribution in [0.5, 0.6) is 5.75 Å². The smallest absolute Gasteiger partial charge is 0.143 e. The number of anilines is 1. The van der Waals surface area contributed by atoms with Crippen LogP contribution in [0.1, 0.15) is 28.3 Å². The van der Waals surface area contributed by atoms with Crippen molar-refractivity contribution in [3.05, 3.63) is 57.1 Å². The molecule has 0 amide bonds. The lowest BCUT2D eigenvalue weighted by Gasteiger charge is -2.30. The van der Waals surface area contributed by atoms with Gasteiger partial charge in [0.05, 0.1) is 11.7 Å². The Morgan fingerprint density at radius 3 is 2.50 bits per heavy atom. The zero-order valence-electron chi connectivity index (χ0n) is 12.0. The van der Waals surface area contributed by atoms with E-state index in [9.17, 15) is 0 Å². The van der Waals surface area contributed by atoms with Gasteiger partial charge in [0.15, 0.2) is 0 Å². The van der Waals surface area contributed by atoms with Crippen LogP contribution in [0.3, 0.4) is 0 Å². The van der Waals surface area contributed by atoms with Crippen LogP contribution in [0, 0.1) is 20.8 Å². The fourth-order valence-electron chi connectivity index (χ4n) is 3.03.